The van der Waals surface area contributed by atoms with Crippen molar-refractivity contribution in [3.8, 4) is 0 Å². The molecule has 1 aliphatic heterocycles. The average Bonchev–Trinajstić information content (AvgIpc) is 2.28. The van der Waals surface area contributed by atoms with Gasteiger partial charge in [0.1, 0.15) is 6.04 Å². The predicted octanol–water partition coefficient (Wildman–Crippen LogP) is 0.801. The SMILES string of the molecule is O=C(O)CC1NC(C(=O)O)Cc2ccccc21. The Morgan fingerprint density at radius 2 is 2.00 bits per heavy atom. The zero-order chi connectivity index (χ0) is 12.4. The molecule has 1 heterocycles. The van der Waals surface area contributed by atoms with Crippen molar-refractivity contribution in [3.05, 3.63) is 35.4 Å². The summed E-state index contributed by atoms with van der Waals surface area (Å²) in [7, 11) is 0. The normalized spacial score (nSPS) is 22.8. The highest BCUT2D eigenvalue weighted by molar-refractivity contribution is 5.75. The van der Waals surface area contributed by atoms with Gasteiger partial charge in [-0.2, -0.15) is 0 Å². The van der Waals surface area contributed by atoms with Crippen molar-refractivity contribution in [1.29, 1.82) is 0 Å². The minimum Gasteiger partial charge on any atom is -0.481 e. The number of hydrogen-bond acceptors (Lipinski definition) is 3. The lowest BCUT2D eigenvalue weighted by molar-refractivity contribution is -0.142. The molecule has 0 spiro atoms. The van der Waals surface area contributed by atoms with Gasteiger partial charge in [-0.1, -0.05) is 24.3 Å². The molecule has 5 nitrogen and oxygen atoms in total. The molecule has 1 aliphatic rings. The second-order valence-corrected chi connectivity index (χ2v) is 4.11. The first kappa shape index (κ1) is 11.6. The van der Waals surface area contributed by atoms with Crippen LogP contribution in [0.5, 0.6) is 0 Å². The Labute approximate surface area is 98.1 Å². The fraction of sp³-hybridized carbons (Fsp3) is 0.333. The molecule has 90 valence electrons. The van der Waals surface area contributed by atoms with Gasteiger partial charge in [-0.3, -0.25) is 14.9 Å². The van der Waals surface area contributed by atoms with Gasteiger partial charge in [0.05, 0.1) is 6.42 Å². The quantitative estimate of drug-likeness (QED) is 0.721. The minimum absolute atomic E-state index is 0.110. The number of carboxylic acid groups (broad SMARTS) is 2. The molecule has 1 aromatic carbocycles. The summed E-state index contributed by atoms with van der Waals surface area (Å²) >= 11 is 0. The Morgan fingerprint density at radius 3 is 2.65 bits per heavy atom. The van der Waals surface area contributed by atoms with E-state index in [4.69, 9.17) is 10.2 Å². The van der Waals surface area contributed by atoms with Gasteiger partial charge in [0.2, 0.25) is 0 Å². The van der Waals surface area contributed by atoms with E-state index in [2.05, 4.69) is 5.32 Å². The van der Waals surface area contributed by atoms with Crippen molar-refractivity contribution in [1.82, 2.24) is 5.32 Å². The molecule has 3 N–H and O–H groups in total. The summed E-state index contributed by atoms with van der Waals surface area (Å²) in [4.78, 5) is 21.8. The first-order valence-electron chi connectivity index (χ1n) is 5.36. The zero-order valence-corrected chi connectivity index (χ0v) is 9.09. The van der Waals surface area contributed by atoms with E-state index in [0.717, 1.165) is 11.1 Å². The molecule has 2 atom stereocenters. The standard InChI is InChI=1S/C12H13NO4/c14-11(15)6-9-8-4-2-1-3-7(8)5-10(13-9)12(16)17/h1-4,9-10,13H,5-6H2,(H,14,15)(H,16,17). The van der Waals surface area contributed by atoms with Crippen LogP contribution in [-0.2, 0) is 16.0 Å². The van der Waals surface area contributed by atoms with Gasteiger partial charge >= 0.3 is 11.9 Å². The van der Waals surface area contributed by atoms with E-state index >= 15 is 0 Å². The van der Waals surface area contributed by atoms with Crippen molar-refractivity contribution in [2.45, 2.75) is 24.9 Å². The first-order valence-corrected chi connectivity index (χ1v) is 5.36. The van der Waals surface area contributed by atoms with Gasteiger partial charge in [0.25, 0.3) is 0 Å². The lowest BCUT2D eigenvalue weighted by Gasteiger charge is -2.30. The number of carbonyl (C=O) groups is 2. The van der Waals surface area contributed by atoms with Crippen molar-refractivity contribution >= 4 is 11.9 Å². The minimum atomic E-state index is -0.949. The van der Waals surface area contributed by atoms with Gasteiger partial charge < -0.3 is 10.2 Å². The predicted molar refractivity (Wildman–Crippen MR) is 59.7 cm³/mol. The summed E-state index contributed by atoms with van der Waals surface area (Å²) in [6.07, 6.45) is 0.280. The number of fused-ring (bicyclic) bond motifs is 1. The van der Waals surface area contributed by atoms with Crippen molar-refractivity contribution in [2.75, 3.05) is 0 Å². The third-order valence-electron chi connectivity index (χ3n) is 2.93. The van der Waals surface area contributed by atoms with E-state index in [-0.39, 0.29) is 6.42 Å². The van der Waals surface area contributed by atoms with Crippen LogP contribution in [0.1, 0.15) is 23.6 Å². The molecule has 5 heteroatoms. The summed E-state index contributed by atoms with van der Waals surface area (Å²) in [6, 6.07) is 6.21. The van der Waals surface area contributed by atoms with Crippen molar-refractivity contribution in [2.24, 2.45) is 0 Å². The van der Waals surface area contributed by atoms with Crippen LogP contribution in [0.3, 0.4) is 0 Å². The second-order valence-electron chi connectivity index (χ2n) is 4.11. The highest BCUT2D eigenvalue weighted by Gasteiger charge is 2.30. The molecule has 0 saturated heterocycles. The summed E-state index contributed by atoms with van der Waals surface area (Å²) in [6.45, 7) is 0. The van der Waals surface area contributed by atoms with E-state index in [0.29, 0.717) is 6.42 Å². The van der Waals surface area contributed by atoms with Gasteiger partial charge in [-0.15, -0.1) is 0 Å². The molecule has 0 radical (unpaired) electrons. The summed E-state index contributed by atoms with van der Waals surface area (Å²) in [5.41, 5.74) is 1.79. The Hall–Kier alpha value is -1.88. The lowest BCUT2D eigenvalue weighted by Crippen LogP contribution is -2.45. The molecular formula is C12H13NO4. The van der Waals surface area contributed by atoms with Crippen LogP contribution < -0.4 is 5.32 Å². The number of carboxylic acids is 2. The van der Waals surface area contributed by atoms with E-state index in [1.165, 1.54) is 0 Å². The van der Waals surface area contributed by atoms with Gasteiger partial charge in [0, 0.05) is 6.04 Å². The molecule has 0 fully saturated rings. The largest absolute Gasteiger partial charge is 0.481 e. The summed E-state index contributed by atoms with van der Waals surface area (Å²) < 4.78 is 0. The maximum atomic E-state index is 11.0. The third kappa shape index (κ3) is 2.45. The maximum Gasteiger partial charge on any atom is 0.321 e. The highest BCUT2D eigenvalue weighted by Crippen LogP contribution is 2.27. The molecule has 0 aromatic heterocycles. The first-order chi connectivity index (χ1) is 8.08. The monoisotopic (exact) mass is 235 g/mol. The third-order valence-corrected chi connectivity index (χ3v) is 2.93. The second kappa shape index (κ2) is 4.55. The van der Waals surface area contributed by atoms with Crippen molar-refractivity contribution < 1.29 is 19.8 Å². The van der Waals surface area contributed by atoms with E-state index in [1.54, 1.807) is 0 Å². The molecule has 2 rings (SSSR count). The Kier molecular flexibility index (Phi) is 3.10. The highest BCUT2D eigenvalue weighted by atomic mass is 16.4. The summed E-state index contributed by atoms with van der Waals surface area (Å²) in [5.74, 6) is -1.89. The Bertz CT molecular complexity index is 458. The van der Waals surface area contributed by atoms with Crippen LogP contribution in [0.4, 0.5) is 0 Å². The van der Waals surface area contributed by atoms with Crippen LogP contribution >= 0.6 is 0 Å². The molecule has 0 bridgehead atoms. The fourth-order valence-corrected chi connectivity index (χ4v) is 2.17. The Balaban J connectivity index is 2.32. The average molecular weight is 235 g/mol. The topological polar surface area (TPSA) is 86.6 Å². The molecular weight excluding hydrogens is 222 g/mol. The molecule has 0 aliphatic carbocycles. The molecule has 17 heavy (non-hydrogen) atoms. The van der Waals surface area contributed by atoms with Gasteiger partial charge in [0.15, 0.2) is 0 Å². The Morgan fingerprint density at radius 1 is 1.29 bits per heavy atom. The van der Waals surface area contributed by atoms with Crippen LogP contribution in [0.2, 0.25) is 0 Å². The number of rotatable bonds is 3. The zero-order valence-electron chi connectivity index (χ0n) is 9.09. The van der Waals surface area contributed by atoms with E-state index in [1.807, 2.05) is 24.3 Å². The molecule has 1 aromatic rings. The number of benzene rings is 1. The van der Waals surface area contributed by atoms with Gasteiger partial charge in [-0.25, -0.2) is 0 Å². The molecule has 2 unspecified atom stereocenters. The van der Waals surface area contributed by atoms with Crippen LogP contribution in [0.15, 0.2) is 24.3 Å². The van der Waals surface area contributed by atoms with Crippen LogP contribution in [0, 0.1) is 0 Å². The number of aliphatic carboxylic acids is 2. The molecule has 0 saturated carbocycles. The maximum absolute atomic E-state index is 11.0. The number of nitrogens with one attached hydrogen (secondary N) is 1. The lowest BCUT2D eigenvalue weighted by atomic mass is 9.89. The fourth-order valence-electron chi connectivity index (χ4n) is 2.17. The van der Waals surface area contributed by atoms with Crippen molar-refractivity contribution in [3.63, 3.8) is 0 Å². The van der Waals surface area contributed by atoms with Crippen LogP contribution in [0.25, 0.3) is 0 Å². The number of hydrogen-bond donors (Lipinski definition) is 3. The van der Waals surface area contributed by atoms with E-state index < -0.39 is 24.0 Å². The van der Waals surface area contributed by atoms with E-state index in [9.17, 15) is 9.59 Å². The smallest absolute Gasteiger partial charge is 0.321 e. The summed E-state index contributed by atoms with van der Waals surface area (Å²) in [5, 5.41) is 20.7. The van der Waals surface area contributed by atoms with Gasteiger partial charge in [-0.05, 0) is 17.5 Å². The molecule has 0 amide bonds. The van der Waals surface area contributed by atoms with Crippen LogP contribution in [-0.4, -0.2) is 28.2 Å².